The summed E-state index contributed by atoms with van der Waals surface area (Å²) in [5.41, 5.74) is 0.361. The van der Waals surface area contributed by atoms with E-state index in [-0.39, 0.29) is 30.5 Å². The van der Waals surface area contributed by atoms with Gasteiger partial charge in [-0.05, 0) is 31.9 Å². The number of benzene rings is 1. The van der Waals surface area contributed by atoms with E-state index in [0.29, 0.717) is 24.1 Å². The maximum absolute atomic E-state index is 12.4. The number of hydrogen-bond acceptors (Lipinski definition) is 5. The van der Waals surface area contributed by atoms with E-state index in [4.69, 9.17) is 4.74 Å². The van der Waals surface area contributed by atoms with Crippen molar-refractivity contribution in [2.45, 2.75) is 38.8 Å². The van der Waals surface area contributed by atoms with Gasteiger partial charge in [0.25, 0.3) is 5.56 Å². The molecule has 1 amide bonds. The van der Waals surface area contributed by atoms with Gasteiger partial charge in [0, 0.05) is 26.1 Å². The van der Waals surface area contributed by atoms with Crippen molar-refractivity contribution in [2.24, 2.45) is 0 Å². The van der Waals surface area contributed by atoms with Crippen LogP contribution in [0.3, 0.4) is 0 Å². The highest BCUT2D eigenvalue weighted by molar-refractivity contribution is 5.77. The molecule has 7 heteroatoms. The van der Waals surface area contributed by atoms with Crippen LogP contribution in [0, 0.1) is 0 Å². The van der Waals surface area contributed by atoms with Gasteiger partial charge in [-0.15, -0.1) is 5.10 Å². The second kappa shape index (κ2) is 7.53. The lowest BCUT2D eigenvalue weighted by Crippen LogP contribution is -2.43. The van der Waals surface area contributed by atoms with Gasteiger partial charge >= 0.3 is 0 Å². The maximum atomic E-state index is 12.4. The van der Waals surface area contributed by atoms with Crippen molar-refractivity contribution in [1.82, 2.24) is 19.9 Å². The molecule has 1 saturated heterocycles. The molecule has 0 saturated carbocycles. The Labute approximate surface area is 140 Å². The molecule has 1 aliphatic rings. The van der Waals surface area contributed by atoms with Gasteiger partial charge in [-0.2, -0.15) is 0 Å². The molecule has 0 unspecified atom stereocenters. The number of nitrogens with zero attached hydrogens (tertiary/aromatic N) is 4. The van der Waals surface area contributed by atoms with Crippen LogP contribution >= 0.6 is 0 Å². The molecule has 1 aromatic heterocycles. The monoisotopic (exact) mass is 330 g/mol. The number of rotatable bonds is 5. The van der Waals surface area contributed by atoms with Gasteiger partial charge in [0.05, 0.1) is 18.0 Å². The van der Waals surface area contributed by atoms with Crippen LogP contribution in [0.15, 0.2) is 29.1 Å². The van der Waals surface area contributed by atoms with E-state index < -0.39 is 0 Å². The van der Waals surface area contributed by atoms with Crippen molar-refractivity contribution in [3.63, 3.8) is 0 Å². The average molecular weight is 330 g/mol. The summed E-state index contributed by atoms with van der Waals surface area (Å²) in [5, 5.41) is 8.49. The van der Waals surface area contributed by atoms with Crippen molar-refractivity contribution in [3.05, 3.63) is 34.6 Å². The Hall–Kier alpha value is -2.28. The van der Waals surface area contributed by atoms with Gasteiger partial charge in [0.1, 0.15) is 5.52 Å². The number of piperidine rings is 1. The Kier molecular flexibility index (Phi) is 5.20. The molecular formula is C17H22N4O3. The minimum absolute atomic E-state index is 0.0289. The fourth-order valence-corrected chi connectivity index (χ4v) is 3.07. The molecule has 1 aromatic carbocycles. The van der Waals surface area contributed by atoms with E-state index in [9.17, 15) is 9.59 Å². The van der Waals surface area contributed by atoms with Crippen LogP contribution < -0.4 is 5.56 Å². The molecule has 0 aliphatic carbocycles. The summed E-state index contributed by atoms with van der Waals surface area (Å²) >= 11 is 0. The molecule has 1 aliphatic heterocycles. The Morgan fingerprint density at radius 2 is 2.21 bits per heavy atom. The van der Waals surface area contributed by atoms with Gasteiger partial charge in [-0.1, -0.05) is 17.3 Å². The molecule has 0 bridgehead atoms. The second-order valence-electron chi connectivity index (χ2n) is 5.94. The lowest BCUT2D eigenvalue weighted by atomic mass is 10.1. The van der Waals surface area contributed by atoms with Crippen molar-refractivity contribution >= 4 is 16.8 Å². The topological polar surface area (TPSA) is 77.3 Å². The number of aryl methyl sites for hydroxylation is 1. The van der Waals surface area contributed by atoms with E-state index in [1.807, 2.05) is 17.9 Å². The number of carbonyl (C=O) groups excluding carboxylic acids is 1. The fraction of sp³-hybridized carbons (Fsp3) is 0.529. The minimum Gasteiger partial charge on any atom is -0.377 e. The van der Waals surface area contributed by atoms with E-state index in [0.717, 1.165) is 19.4 Å². The van der Waals surface area contributed by atoms with Gasteiger partial charge in [0.15, 0.2) is 0 Å². The second-order valence-corrected chi connectivity index (χ2v) is 5.94. The Morgan fingerprint density at radius 1 is 1.38 bits per heavy atom. The molecule has 7 nitrogen and oxygen atoms in total. The number of ether oxygens (including phenoxy) is 1. The third-order valence-corrected chi connectivity index (χ3v) is 4.30. The van der Waals surface area contributed by atoms with Crippen LogP contribution in [0.4, 0.5) is 0 Å². The summed E-state index contributed by atoms with van der Waals surface area (Å²) in [5.74, 6) is 0.0289. The average Bonchev–Trinajstić information content (AvgIpc) is 2.62. The predicted molar refractivity (Wildman–Crippen MR) is 89.6 cm³/mol. The van der Waals surface area contributed by atoms with Crippen LogP contribution in [-0.2, 0) is 16.1 Å². The van der Waals surface area contributed by atoms with E-state index in [1.54, 1.807) is 18.2 Å². The zero-order valence-corrected chi connectivity index (χ0v) is 13.9. The summed E-state index contributed by atoms with van der Waals surface area (Å²) < 4.78 is 6.89. The first kappa shape index (κ1) is 16.6. The summed E-state index contributed by atoms with van der Waals surface area (Å²) in [4.78, 5) is 26.6. The Morgan fingerprint density at radius 3 is 3.04 bits per heavy atom. The van der Waals surface area contributed by atoms with Crippen LogP contribution in [-0.4, -0.2) is 51.6 Å². The van der Waals surface area contributed by atoms with E-state index in [2.05, 4.69) is 10.3 Å². The summed E-state index contributed by atoms with van der Waals surface area (Å²) in [7, 11) is 0. The van der Waals surface area contributed by atoms with Crippen molar-refractivity contribution < 1.29 is 9.53 Å². The van der Waals surface area contributed by atoms with Crippen molar-refractivity contribution in [2.75, 3.05) is 19.7 Å². The molecule has 24 heavy (non-hydrogen) atoms. The summed E-state index contributed by atoms with van der Waals surface area (Å²) in [6.45, 7) is 4.25. The molecule has 2 aromatic rings. The Bertz CT molecular complexity index is 772. The zero-order chi connectivity index (χ0) is 16.9. The smallest absolute Gasteiger partial charge is 0.277 e. The number of aromatic nitrogens is 3. The number of likely N-dealkylation sites (tertiary alicyclic amines) is 1. The maximum Gasteiger partial charge on any atom is 0.277 e. The molecule has 1 fully saturated rings. The number of fused-ring (bicyclic) bond motifs is 1. The molecule has 2 heterocycles. The van der Waals surface area contributed by atoms with Crippen LogP contribution in [0.25, 0.3) is 10.9 Å². The standard InChI is InChI=1S/C17H22N4O3/c1-2-24-13-6-5-10-20(12-13)16(22)9-11-21-17(23)14-7-3-4-8-15(14)18-19-21/h3-4,7-8,13H,2,5-6,9-12H2,1H3/t13-/m0/s1. The molecule has 0 spiro atoms. The van der Waals surface area contributed by atoms with Crippen LogP contribution in [0.2, 0.25) is 0 Å². The molecule has 3 rings (SSSR count). The van der Waals surface area contributed by atoms with Gasteiger partial charge in [0.2, 0.25) is 5.91 Å². The quantitative estimate of drug-likeness (QED) is 0.823. The predicted octanol–water partition coefficient (Wildman–Crippen LogP) is 1.21. The summed E-state index contributed by atoms with van der Waals surface area (Å²) in [6, 6.07) is 7.08. The number of amides is 1. The number of carbonyl (C=O) groups is 1. The van der Waals surface area contributed by atoms with E-state index in [1.165, 1.54) is 4.68 Å². The fourth-order valence-electron chi connectivity index (χ4n) is 3.07. The van der Waals surface area contributed by atoms with Crippen molar-refractivity contribution in [3.8, 4) is 0 Å². The molecule has 0 radical (unpaired) electrons. The summed E-state index contributed by atoms with van der Waals surface area (Å²) in [6.07, 6.45) is 2.31. The van der Waals surface area contributed by atoms with Crippen molar-refractivity contribution in [1.29, 1.82) is 0 Å². The van der Waals surface area contributed by atoms with E-state index >= 15 is 0 Å². The minimum atomic E-state index is -0.209. The third kappa shape index (κ3) is 3.62. The van der Waals surface area contributed by atoms with Gasteiger partial charge in [-0.25, -0.2) is 4.68 Å². The van der Waals surface area contributed by atoms with Gasteiger partial charge < -0.3 is 9.64 Å². The molecular weight excluding hydrogens is 308 g/mol. The number of hydrogen-bond donors (Lipinski definition) is 0. The first-order valence-electron chi connectivity index (χ1n) is 8.41. The van der Waals surface area contributed by atoms with Crippen LogP contribution in [0.1, 0.15) is 26.2 Å². The highest BCUT2D eigenvalue weighted by Crippen LogP contribution is 2.14. The highest BCUT2D eigenvalue weighted by atomic mass is 16.5. The Balaban J connectivity index is 1.64. The SMILES string of the molecule is CCO[C@H]1CCCN(C(=O)CCn2nnc3ccccc3c2=O)C1. The van der Waals surface area contributed by atoms with Gasteiger partial charge in [-0.3, -0.25) is 9.59 Å². The lowest BCUT2D eigenvalue weighted by Gasteiger charge is -2.32. The zero-order valence-electron chi connectivity index (χ0n) is 13.9. The highest BCUT2D eigenvalue weighted by Gasteiger charge is 2.23. The largest absolute Gasteiger partial charge is 0.377 e. The first-order chi connectivity index (χ1) is 11.7. The molecule has 0 N–H and O–H groups in total. The molecule has 128 valence electrons. The first-order valence-corrected chi connectivity index (χ1v) is 8.41. The lowest BCUT2D eigenvalue weighted by molar-refractivity contribution is -0.135. The normalized spacial score (nSPS) is 18.0. The molecule has 1 atom stereocenters. The van der Waals surface area contributed by atoms with Crippen LogP contribution in [0.5, 0.6) is 0 Å². The third-order valence-electron chi connectivity index (χ3n) is 4.30.